The van der Waals surface area contributed by atoms with Gasteiger partial charge in [-0.1, -0.05) is 6.07 Å². The molecule has 2 N–H and O–H groups in total. The van der Waals surface area contributed by atoms with Gasteiger partial charge in [0.2, 0.25) is 5.91 Å². The van der Waals surface area contributed by atoms with Gasteiger partial charge in [-0.2, -0.15) is 5.10 Å². The highest BCUT2D eigenvalue weighted by molar-refractivity contribution is 5.94. The van der Waals surface area contributed by atoms with E-state index in [9.17, 15) is 9.18 Å². The fraction of sp³-hybridized carbons (Fsp3) is 0.375. The Morgan fingerprint density at radius 2 is 2.09 bits per heavy atom. The Hall–Kier alpha value is -3.26. The van der Waals surface area contributed by atoms with E-state index in [4.69, 9.17) is 0 Å². The lowest BCUT2D eigenvalue weighted by Gasteiger charge is -2.39. The van der Waals surface area contributed by atoms with Gasteiger partial charge in [0, 0.05) is 48.7 Å². The van der Waals surface area contributed by atoms with Crippen molar-refractivity contribution in [3.8, 4) is 11.1 Å². The van der Waals surface area contributed by atoms with Crippen LogP contribution in [0.15, 0.2) is 42.9 Å². The molecule has 0 saturated carbocycles. The van der Waals surface area contributed by atoms with Gasteiger partial charge in [0.15, 0.2) is 0 Å². The number of halogens is 1. The third-order valence-corrected chi connectivity index (χ3v) is 6.03. The van der Waals surface area contributed by atoms with Crippen molar-refractivity contribution < 1.29 is 9.18 Å². The van der Waals surface area contributed by atoms with E-state index in [2.05, 4.69) is 26.8 Å². The molecule has 0 aliphatic carbocycles. The molecule has 1 aliphatic heterocycles. The van der Waals surface area contributed by atoms with E-state index in [1.165, 1.54) is 12.3 Å². The van der Waals surface area contributed by atoms with Crippen molar-refractivity contribution in [1.29, 1.82) is 0 Å². The molecule has 2 atom stereocenters. The maximum Gasteiger partial charge on any atom is 0.224 e. The molecule has 1 amide bonds. The minimum atomic E-state index is -0.292. The molecule has 168 valence electrons. The number of carbonyl (C=O) groups is 1. The van der Waals surface area contributed by atoms with Crippen LogP contribution in [0.25, 0.3) is 11.1 Å². The third-order valence-electron chi connectivity index (χ3n) is 6.03. The third kappa shape index (κ3) is 4.23. The number of nitrogens with zero attached hydrogens (tertiary/aromatic N) is 4. The van der Waals surface area contributed by atoms with E-state index in [0.29, 0.717) is 17.8 Å². The molecule has 2 aromatic heterocycles. The minimum absolute atomic E-state index is 0.00140. The minimum Gasteiger partial charge on any atom is -0.363 e. The lowest BCUT2D eigenvalue weighted by molar-refractivity contribution is -0.117. The molecule has 7 nitrogen and oxygen atoms in total. The van der Waals surface area contributed by atoms with E-state index in [0.717, 1.165) is 35.5 Å². The first-order chi connectivity index (χ1) is 15.4. The molecule has 8 heteroatoms. The Labute approximate surface area is 187 Å². The number of likely N-dealkylation sites (N-methyl/N-ethyl adjacent to an activating group) is 1. The van der Waals surface area contributed by atoms with E-state index in [-0.39, 0.29) is 23.8 Å². The average Bonchev–Trinajstić information content (AvgIpc) is 3.24. The van der Waals surface area contributed by atoms with Crippen molar-refractivity contribution in [2.24, 2.45) is 0 Å². The number of pyridine rings is 1. The highest BCUT2D eigenvalue weighted by Gasteiger charge is 2.33. The molecule has 0 fully saturated rings. The Kier molecular flexibility index (Phi) is 6.23. The summed E-state index contributed by atoms with van der Waals surface area (Å²) < 4.78 is 16.0. The molecule has 3 heterocycles. The van der Waals surface area contributed by atoms with Crippen molar-refractivity contribution in [3.63, 3.8) is 0 Å². The number of amides is 1. The summed E-state index contributed by atoms with van der Waals surface area (Å²) in [5.74, 6) is 0.235. The summed E-state index contributed by atoms with van der Waals surface area (Å²) in [6, 6.07) is 7.37. The van der Waals surface area contributed by atoms with Crippen LogP contribution in [0, 0.1) is 12.7 Å². The second kappa shape index (κ2) is 9.08. The second-order valence-corrected chi connectivity index (χ2v) is 8.31. The van der Waals surface area contributed by atoms with Gasteiger partial charge in [-0.25, -0.2) is 9.37 Å². The number of aromatic nitrogens is 3. The molecule has 32 heavy (non-hydrogen) atoms. The van der Waals surface area contributed by atoms with Gasteiger partial charge in [0.1, 0.15) is 11.6 Å². The monoisotopic (exact) mass is 436 g/mol. The van der Waals surface area contributed by atoms with Crippen LogP contribution in [0.3, 0.4) is 0 Å². The van der Waals surface area contributed by atoms with Gasteiger partial charge in [-0.3, -0.25) is 9.48 Å². The summed E-state index contributed by atoms with van der Waals surface area (Å²) >= 11 is 0. The molecule has 0 bridgehead atoms. The number of fused-ring (bicyclic) bond motifs is 1. The van der Waals surface area contributed by atoms with Crippen LogP contribution in [0.2, 0.25) is 0 Å². The van der Waals surface area contributed by atoms with Gasteiger partial charge in [0.05, 0.1) is 18.8 Å². The fourth-order valence-corrected chi connectivity index (χ4v) is 4.34. The number of benzene rings is 1. The number of rotatable bonds is 6. The van der Waals surface area contributed by atoms with Crippen molar-refractivity contribution in [2.45, 2.75) is 45.8 Å². The van der Waals surface area contributed by atoms with Gasteiger partial charge < -0.3 is 15.5 Å². The van der Waals surface area contributed by atoms with E-state index in [1.54, 1.807) is 13.8 Å². The highest BCUT2D eigenvalue weighted by atomic mass is 19.1. The zero-order valence-corrected chi connectivity index (χ0v) is 18.9. The summed E-state index contributed by atoms with van der Waals surface area (Å²) in [7, 11) is 1.91. The van der Waals surface area contributed by atoms with Crippen LogP contribution in [0.4, 0.5) is 15.9 Å². The number of anilines is 2. The van der Waals surface area contributed by atoms with Gasteiger partial charge in [-0.05, 0) is 56.6 Å². The van der Waals surface area contributed by atoms with E-state index < -0.39 is 0 Å². The molecule has 0 radical (unpaired) electrons. The van der Waals surface area contributed by atoms with Crippen LogP contribution >= 0.6 is 0 Å². The van der Waals surface area contributed by atoms with Gasteiger partial charge in [0.25, 0.3) is 0 Å². The van der Waals surface area contributed by atoms with Crippen molar-refractivity contribution >= 4 is 17.4 Å². The summed E-state index contributed by atoms with van der Waals surface area (Å²) in [4.78, 5) is 18.6. The highest BCUT2D eigenvalue weighted by Crippen LogP contribution is 2.41. The molecule has 1 aromatic carbocycles. The van der Waals surface area contributed by atoms with E-state index >= 15 is 0 Å². The molecule has 0 unspecified atom stereocenters. The second-order valence-electron chi connectivity index (χ2n) is 8.31. The molecule has 0 saturated heterocycles. The van der Waals surface area contributed by atoms with Gasteiger partial charge in [-0.15, -0.1) is 0 Å². The summed E-state index contributed by atoms with van der Waals surface area (Å²) in [5, 5.41) is 11.0. The quantitative estimate of drug-likeness (QED) is 0.613. The van der Waals surface area contributed by atoms with E-state index in [1.807, 2.05) is 48.1 Å². The van der Waals surface area contributed by atoms with Crippen LogP contribution in [0.1, 0.15) is 37.4 Å². The Morgan fingerprint density at radius 1 is 1.28 bits per heavy atom. The SMILES string of the molecule is CNCCn1cc(-c2ccc3c(c2)[C@H](Nc2nccc(F)c2C)C[C@H](C)N3C(C)=O)cn1. The predicted molar refractivity (Wildman–Crippen MR) is 124 cm³/mol. The summed E-state index contributed by atoms with van der Waals surface area (Å²) in [6.45, 7) is 6.96. The standard InChI is InChI=1S/C24H29FN6O/c1-15-11-22(29-24-16(2)21(25)7-8-27-24)20-12-18(5-6-23(20)31(15)17(3)32)19-13-28-30(14-19)10-9-26-4/h5-8,12-15,22,26H,9-11H2,1-4H3,(H,27,29)/t15-,22+/m0/s1. The number of nitrogens with one attached hydrogen (secondary N) is 2. The van der Waals surface area contributed by atoms with Crippen LogP contribution in [-0.2, 0) is 11.3 Å². The first kappa shape index (κ1) is 22.0. The molecular formula is C24H29FN6O. The molecular weight excluding hydrogens is 407 g/mol. The molecule has 1 aliphatic rings. The van der Waals surface area contributed by atoms with Crippen molar-refractivity contribution in [1.82, 2.24) is 20.1 Å². The number of hydrogen-bond donors (Lipinski definition) is 2. The number of carbonyl (C=O) groups excluding carboxylic acids is 1. The maximum atomic E-state index is 14.1. The first-order valence-corrected chi connectivity index (χ1v) is 10.9. The summed E-state index contributed by atoms with van der Waals surface area (Å²) in [6.07, 6.45) is 6.03. The van der Waals surface area contributed by atoms with Crippen LogP contribution in [-0.4, -0.2) is 40.3 Å². The normalized spacial score (nSPS) is 17.8. The summed E-state index contributed by atoms with van der Waals surface area (Å²) in [5.41, 5.74) is 4.37. The first-order valence-electron chi connectivity index (χ1n) is 10.9. The number of hydrogen-bond acceptors (Lipinski definition) is 5. The zero-order valence-electron chi connectivity index (χ0n) is 18.9. The van der Waals surface area contributed by atoms with Crippen LogP contribution < -0.4 is 15.5 Å². The van der Waals surface area contributed by atoms with Crippen molar-refractivity contribution in [3.05, 3.63) is 59.8 Å². The topological polar surface area (TPSA) is 75.1 Å². The Morgan fingerprint density at radius 3 is 2.84 bits per heavy atom. The lowest BCUT2D eigenvalue weighted by Crippen LogP contribution is -2.43. The smallest absolute Gasteiger partial charge is 0.224 e. The van der Waals surface area contributed by atoms with Crippen molar-refractivity contribution in [2.75, 3.05) is 23.8 Å². The van der Waals surface area contributed by atoms with Gasteiger partial charge >= 0.3 is 0 Å². The Bertz CT molecular complexity index is 1130. The Balaban J connectivity index is 1.73. The zero-order chi connectivity index (χ0) is 22.8. The maximum absolute atomic E-state index is 14.1. The van der Waals surface area contributed by atoms with Crippen LogP contribution in [0.5, 0.6) is 0 Å². The predicted octanol–water partition coefficient (Wildman–Crippen LogP) is 3.91. The lowest BCUT2D eigenvalue weighted by atomic mass is 9.89. The molecule has 0 spiro atoms. The largest absolute Gasteiger partial charge is 0.363 e. The molecule has 3 aromatic rings. The average molecular weight is 437 g/mol. The molecule has 4 rings (SSSR count). The fourth-order valence-electron chi connectivity index (χ4n) is 4.34.